The Hall–Kier alpha value is -0.543. The molecule has 2 aliphatic heterocycles. The summed E-state index contributed by atoms with van der Waals surface area (Å²) in [5.74, 6) is 0.731. The van der Waals surface area contributed by atoms with Gasteiger partial charge in [0.2, 0.25) is 0 Å². The van der Waals surface area contributed by atoms with Crippen molar-refractivity contribution in [2.24, 2.45) is 46.3 Å². The van der Waals surface area contributed by atoms with Gasteiger partial charge in [-0.3, -0.25) is 0 Å². The maximum Gasteiger partial charge on any atom is 0.261 e. The second kappa shape index (κ2) is 12.2. The van der Waals surface area contributed by atoms with Crippen molar-refractivity contribution < 1.29 is 19.0 Å². The molecule has 4 nitrogen and oxygen atoms in total. The molecule has 13 atom stereocenters. The van der Waals surface area contributed by atoms with E-state index in [0.717, 1.165) is 58.0 Å². The van der Waals surface area contributed by atoms with E-state index in [0.29, 0.717) is 28.5 Å². The zero-order valence-electron chi connectivity index (χ0n) is 31.4. The van der Waals surface area contributed by atoms with Crippen LogP contribution in [0, 0.1) is 46.3 Å². The summed E-state index contributed by atoms with van der Waals surface area (Å²) in [7, 11) is -2.67. The lowest BCUT2D eigenvalue weighted by Crippen LogP contribution is -2.70. The lowest BCUT2D eigenvalue weighted by Gasteiger charge is -2.66. The fraction of sp³-hybridized carbons (Fsp3) is 0.721. The van der Waals surface area contributed by atoms with Gasteiger partial charge in [-0.15, -0.1) is 0 Å². The van der Waals surface area contributed by atoms with Gasteiger partial charge in [-0.05, 0) is 94.9 Å². The molecule has 0 amide bonds. The van der Waals surface area contributed by atoms with Crippen molar-refractivity contribution in [2.45, 2.75) is 138 Å². The number of alkyl halides is 2. The average molecular weight is 829 g/mol. The van der Waals surface area contributed by atoms with Crippen molar-refractivity contribution in [2.75, 3.05) is 6.61 Å². The van der Waals surface area contributed by atoms with Gasteiger partial charge >= 0.3 is 0 Å². The Kier molecular flexibility index (Phi) is 8.91. The smallest absolute Gasteiger partial charge is 0.261 e. The second-order valence-electron chi connectivity index (χ2n) is 19.2. The van der Waals surface area contributed by atoms with Crippen LogP contribution in [-0.2, 0) is 13.9 Å². The minimum atomic E-state index is -2.67. The van der Waals surface area contributed by atoms with Crippen molar-refractivity contribution in [3.63, 3.8) is 0 Å². The molecule has 1 N–H and O–H groups in total. The number of aliphatic hydroxyl groups is 1. The second-order valence-corrected chi connectivity index (χ2v) is 26.0. The minimum Gasteiger partial charge on any atom is -0.404 e. The van der Waals surface area contributed by atoms with Gasteiger partial charge in [0.1, 0.15) is 0 Å². The normalized spacial score (nSPS) is 47.3. The summed E-state index contributed by atoms with van der Waals surface area (Å²) < 4.78 is 21.1. The van der Waals surface area contributed by atoms with Gasteiger partial charge in [0.05, 0.1) is 6.61 Å². The highest BCUT2D eigenvalue weighted by Crippen LogP contribution is 2.75. The summed E-state index contributed by atoms with van der Waals surface area (Å²) in [6, 6.07) is 22.3. The third-order valence-electron chi connectivity index (χ3n) is 15.7. The molecule has 50 heavy (non-hydrogen) atoms. The van der Waals surface area contributed by atoms with Crippen LogP contribution in [0.25, 0.3) is 0 Å². The van der Waals surface area contributed by atoms with Gasteiger partial charge in [-0.2, -0.15) is 0 Å². The van der Waals surface area contributed by atoms with Gasteiger partial charge in [0.15, 0.2) is 11.6 Å². The van der Waals surface area contributed by atoms with Gasteiger partial charge in [0, 0.05) is 39.9 Å². The maximum absolute atomic E-state index is 12.4. The van der Waals surface area contributed by atoms with E-state index in [9.17, 15) is 5.11 Å². The van der Waals surface area contributed by atoms with Crippen LogP contribution in [0.1, 0.15) is 106 Å². The fourth-order valence-electron chi connectivity index (χ4n) is 13.3. The number of rotatable bonds is 4. The summed E-state index contributed by atoms with van der Waals surface area (Å²) in [4.78, 5) is 0.317. The van der Waals surface area contributed by atoms with E-state index in [1.165, 1.54) is 16.8 Å². The number of benzene rings is 2. The van der Waals surface area contributed by atoms with Gasteiger partial charge in [-0.1, -0.05) is 141 Å². The monoisotopic (exact) mass is 826 g/mol. The highest BCUT2D eigenvalue weighted by atomic mass is 79.9. The number of hydrogen-bond acceptors (Lipinski definition) is 4. The van der Waals surface area contributed by atoms with Crippen molar-refractivity contribution in [1.82, 2.24) is 0 Å². The van der Waals surface area contributed by atoms with E-state index in [1.54, 1.807) is 0 Å². The zero-order valence-corrected chi connectivity index (χ0v) is 35.6. The number of fused-ring (bicyclic) bond motifs is 7. The molecule has 0 aromatic heterocycles. The molecule has 6 aliphatic rings. The topological polar surface area (TPSA) is 47.9 Å². The first-order chi connectivity index (χ1) is 23.5. The number of hydrogen-bond donors (Lipinski definition) is 1. The number of ether oxygens (including phenoxy) is 2. The predicted octanol–water partition coefficient (Wildman–Crippen LogP) is 9.59. The standard InChI is InChI=1S/C43H60Br2O4Si/c1-28-18-23-43(47-27-28)29(2)37-39(6)21-20-34-33(35(39)26-42(37,46)49-43)24-36(44)41(45)25-30(19-22-40(34,41)7)48-50(38(3,4)5,31-14-10-8-11-15-31)32-16-12-9-13-17-32/h8-17,28-30,33-37,46H,18-27H2,1-7H3/t28-,29+,30+,33-,34+,35+,36?,37-,39+,40-,41?,42+,43-/m1/s1. The Labute approximate surface area is 319 Å². The Morgan fingerprint density at radius 2 is 1.50 bits per heavy atom. The van der Waals surface area contributed by atoms with E-state index >= 15 is 0 Å². The van der Waals surface area contributed by atoms with Gasteiger partial charge in [-0.25, -0.2) is 0 Å². The molecule has 1 spiro atoms. The van der Waals surface area contributed by atoms with Crippen LogP contribution in [0.15, 0.2) is 60.7 Å². The van der Waals surface area contributed by atoms with Crippen molar-refractivity contribution in [3.05, 3.63) is 60.7 Å². The highest BCUT2D eigenvalue weighted by molar-refractivity contribution is 9.12. The number of halogens is 2. The van der Waals surface area contributed by atoms with Crippen LogP contribution in [0.4, 0.5) is 0 Å². The van der Waals surface area contributed by atoms with Crippen LogP contribution < -0.4 is 10.4 Å². The van der Waals surface area contributed by atoms with E-state index in [2.05, 4.69) is 141 Å². The Balaban J connectivity index is 1.08. The van der Waals surface area contributed by atoms with Crippen LogP contribution in [0.2, 0.25) is 5.04 Å². The fourth-order valence-corrected chi connectivity index (χ4v) is 20.2. The summed E-state index contributed by atoms with van der Waals surface area (Å²) in [6.07, 6.45) is 9.61. The Bertz CT molecular complexity index is 1520. The molecular weight excluding hydrogens is 768 g/mol. The highest BCUT2D eigenvalue weighted by Gasteiger charge is 2.76. The molecule has 4 saturated carbocycles. The molecule has 274 valence electrons. The molecule has 7 heteroatoms. The molecule has 0 bridgehead atoms. The van der Waals surface area contributed by atoms with E-state index in [1.807, 2.05) is 0 Å². The molecule has 2 unspecified atom stereocenters. The molecular formula is C43H60Br2O4Si. The minimum absolute atomic E-state index is 0.0459. The largest absolute Gasteiger partial charge is 0.404 e. The average Bonchev–Trinajstić information content (AvgIpc) is 3.45. The third kappa shape index (κ3) is 5.05. The third-order valence-corrected chi connectivity index (χ3v) is 24.4. The summed E-state index contributed by atoms with van der Waals surface area (Å²) in [6.45, 7) is 17.6. The lowest BCUT2D eigenvalue weighted by atomic mass is 9.44. The molecule has 2 heterocycles. The van der Waals surface area contributed by atoms with Crippen molar-refractivity contribution >= 4 is 50.6 Å². The first-order valence-electron chi connectivity index (χ1n) is 19.7. The van der Waals surface area contributed by atoms with E-state index in [-0.39, 0.29) is 38.1 Å². The van der Waals surface area contributed by atoms with Crippen LogP contribution >= 0.6 is 31.9 Å². The Morgan fingerprint density at radius 3 is 2.08 bits per heavy atom. The van der Waals surface area contributed by atoms with Crippen LogP contribution in [0.3, 0.4) is 0 Å². The van der Waals surface area contributed by atoms with E-state index < -0.39 is 19.9 Å². The maximum atomic E-state index is 12.4. The SMILES string of the molecule is C[C@@H]1CC[C@@]2(OC1)O[C@@]1(O)C[C@H]3[C@@H]4CC(Br)C5(Br)C[C@@H](O[Si](c6ccccc6)(c6ccccc6)C(C)(C)C)CC[C@]5(C)[C@H]4CC[C@]3(C)[C@H]1[C@@H]2C. The molecule has 6 fully saturated rings. The molecule has 2 aromatic carbocycles. The molecule has 2 saturated heterocycles. The first kappa shape index (κ1) is 36.4. The Morgan fingerprint density at radius 1 is 0.860 bits per heavy atom. The summed E-state index contributed by atoms with van der Waals surface area (Å²) in [5.41, 5.74) is 0.164. The van der Waals surface area contributed by atoms with Crippen molar-refractivity contribution in [1.29, 1.82) is 0 Å². The quantitative estimate of drug-likeness (QED) is 0.247. The molecule has 2 aromatic rings. The molecule has 0 radical (unpaired) electrons. The van der Waals surface area contributed by atoms with Crippen LogP contribution in [0.5, 0.6) is 0 Å². The van der Waals surface area contributed by atoms with Crippen LogP contribution in [-0.4, -0.2) is 46.9 Å². The predicted molar refractivity (Wildman–Crippen MR) is 212 cm³/mol. The summed E-state index contributed by atoms with van der Waals surface area (Å²) >= 11 is 8.95. The van der Waals surface area contributed by atoms with Crippen molar-refractivity contribution in [3.8, 4) is 0 Å². The van der Waals surface area contributed by atoms with Gasteiger partial charge < -0.3 is 19.0 Å². The van der Waals surface area contributed by atoms with Gasteiger partial charge in [0.25, 0.3) is 8.32 Å². The lowest BCUT2D eigenvalue weighted by molar-refractivity contribution is -0.331. The van der Waals surface area contributed by atoms with E-state index in [4.69, 9.17) is 13.9 Å². The summed E-state index contributed by atoms with van der Waals surface area (Å²) in [5, 5.41) is 15.1. The molecule has 4 aliphatic carbocycles. The first-order valence-corrected chi connectivity index (χ1v) is 23.3. The zero-order chi connectivity index (χ0) is 35.5. The molecule has 8 rings (SSSR count).